The molecular formula is C13H18BrNO. The summed E-state index contributed by atoms with van der Waals surface area (Å²) in [6.45, 7) is 6.11. The Labute approximate surface area is 106 Å². The molecule has 0 aliphatic rings. The number of hydrogen-bond acceptors (Lipinski definition) is 1. The fourth-order valence-electron chi connectivity index (χ4n) is 1.57. The summed E-state index contributed by atoms with van der Waals surface area (Å²) in [4.78, 5) is 11.8. The van der Waals surface area contributed by atoms with Crippen LogP contribution in [0.5, 0.6) is 0 Å². The number of anilines is 1. The largest absolute Gasteiger partial charge is 0.326 e. The van der Waals surface area contributed by atoms with E-state index in [-0.39, 0.29) is 11.8 Å². The summed E-state index contributed by atoms with van der Waals surface area (Å²) in [7, 11) is 0. The fraction of sp³-hybridized carbons (Fsp3) is 0.462. The van der Waals surface area contributed by atoms with Crippen molar-refractivity contribution in [3.8, 4) is 0 Å². The predicted octanol–water partition coefficient (Wildman–Crippen LogP) is 4.13. The molecule has 1 rings (SSSR count). The SMILES string of the molecule is CCC(CC)C(=O)Nc1ccc(C)c(Br)c1. The van der Waals surface area contributed by atoms with Crippen molar-refractivity contribution in [2.24, 2.45) is 5.92 Å². The molecule has 0 aliphatic heterocycles. The number of aryl methyl sites for hydroxylation is 1. The summed E-state index contributed by atoms with van der Waals surface area (Å²) < 4.78 is 1.02. The van der Waals surface area contributed by atoms with Gasteiger partial charge in [-0.3, -0.25) is 4.79 Å². The average molecular weight is 284 g/mol. The molecule has 0 aliphatic carbocycles. The number of carbonyl (C=O) groups excluding carboxylic acids is 1. The van der Waals surface area contributed by atoms with Gasteiger partial charge in [-0.25, -0.2) is 0 Å². The van der Waals surface area contributed by atoms with Crippen LogP contribution >= 0.6 is 15.9 Å². The van der Waals surface area contributed by atoms with Crippen molar-refractivity contribution < 1.29 is 4.79 Å². The van der Waals surface area contributed by atoms with E-state index in [1.807, 2.05) is 39.0 Å². The zero-order chi connectivity index (χ0) is 12.1. The van der Waals surface area contributed by atoms with Gasteiger partial charge in [-0.2, -0.15) is 0 Å². The Bertz CT molecular complexity index is 372. The highest BCUT2D eigenvalue weighted by Crippen LogP contribution is 2.21. The lowest BCUT2D eigenvalue weighted by Gasteiger charge is -2.13. The van der Waals surface area contributed by atoms with E-state index in [1.165, 1.54) is 5.56 Å². The highest BCUT2D eigenvalue weighted by atomic mass is 79.9. The summed E-state index contributed by atoms with van der Waals surface area (Å²) >= 11 is 3.46. The third-order valence-electron chi connectivity index (χ3n) is 2.80. The first-order valence-corrected chi connectivity index (χ1v) is 6.44. The van der Waals surface area contributed by atoms with Crippen molar-refractivity contribution in [2.45, 2.75) is 33.6 Å². The quantitative estimate of drug-likeness (QED) is 0.884. The molecule has 1 aromatic carbocycles. The molecule has 0 heterocycles. The number of amides is 1. The first-order valence-electron chi connectivity index (χ1n) is 5.65. The zero-order valence-electron chi connectivity index (χ0n) is 10.0. The van der Waals surface area contributed by atoms with E-state index in [9.17, 15) is 4.79 Å². The van der Waals surface area contributed by atoms with Crippen LogP contribution in [0.15, 0.2) is 22.7 Å². The highest BCUT2D eigenvalue weighted by molar-refractivity contribution is 9.10. The number of nitrogens with one attached hydrogen (secondary N) is 1. The molecular weight excluding hydrogens is 266 g/mol. The molecule has 3 heteroatoms. The maximum absolute atomic E-state index is 11.8. The Morgan fingerprint density at radius 1 is 1.38 bits per heavy atom. The van der Waals surface area contributed by atoms with Gasteiger partial charge in [-0.05, 0) is 37.5 Å². The molecule has 0 saturated carbocycles. The van der Waals surface area contributed by atoms with E-state index in [4.69, 9.17) is 0 Å². The van der Waals surface area contributed by atoms with Crippen LogP contribution in [0.25, 0.3) is 0 Å². The first-order chi connectivity index (χ1) is 7.58. The summed E-state index contributed by atoms with van der Waals surface area (Å²) in [5.41, 5.74) is 2.02. The molecule has 0 radical (unpaired) electrons. The molecule has 0 spiro atoms. The van der Waals surface area contributed by atoms with E-state index in [2.05, 4.69) is 21.2 Å². The molecule has 0 unspecified atom stereocenters. The van der Waals surface area contributed by atoms with Crippen molar-refractivity contribution in [3.63, 3.8) is 0 Å². The smallest absolute Gasteiger partial charge is 0.227 e. The van der Waals surface area contributed by atoms with Crippen LogP contribution in [0, 0.1) is 12.8 Å². The maximum atomic E-state index is 11.8. The second kappa shape index (κ2) is 6.04. The van der Waals surface area contributed by atoms with Crippen molar-refractivity contribution in [3.05, 3.63) is 28.2 Å². The third kappa shape index (κ3) is 3.34. The Hall–Kier alpha value is -0.830. The van der Waals surface area contributed by atoms with E-state index < -0.39 is 0 Å². The second-order valence-corrected chi connectivity index (χ2v) is 4.82. The minimum absolute atomic E-state index is 0.111. The van der Waals surface area contributed by atoms with Gasteiger partial charge in [0.25, 0.3) is 0 Å². The molecule has 0 fully saturated rings. The Balaban J connectivity index is 2.73. The molecule has 0 saturated heterocycles. The van der Waals surface area contributed by atoms with Crippen molar-refractivity contribution in [1.82, 2.24) is 0 Å². The average Bonchev–Trinajstić information content (AvgIpc) is 2.25. The Morgan fingerprint density at radius 2 is 2.00 bits per heavy atom. The predicted molar refractivity (Wildman–Crippen MR) is 71.6 cm³/mol. The van der Waals surface area contributed by atoms with Crippen LogP contribution in [-0.4, -0.2) is 5.91 Å². The van der Waals surface area contributed by atoms with Crippen molar-refractivity contribution in [1.29, 1.82) is 0 Å². The molecule has 1 aromatic rings. The monoisotopic (exact) mass is 283 g/mol. The number of hydrogen-bond donors (Lipinski definition) is 1. The van der Waals surface area contributed by atoms with Crippen molar-refractivity contribution >= 4 is 27.5 Å². The second-order valence-electron chi connectivity index (χ2n) is 3.97. The molecule has 0 atom stereocenters. The number of halogens is 1. The molecule has 16 heavy (non-hydrogen) atoms. The van der Waals surface area contributed by atoms with Gasteiger partial charge < -0.3 is 5.32 Å². The lowest BCUT2D eigenvalue weighted by molar-refractivity contribution is -0.120. The normalized spacial score (nSPS) is 10.6. The zero-order valence-corrected chi connectivity index (χ0v) is 11.6. The molecule has 1 N–H and O–H groups in total. The minimum atomic E-state index is 0.111. The lowest BCUT2D eigenvalue weighted by Crippen LogP contribution is -2.21. The first kappa shape index (κ1) is 13.2. The van der Waals surface area contributed by atoms with Crippen LogP contribution in [0.4, 0.5) is 5.69 Å². The van der Waals surface area contributed by atoms with Crippen LogP contribution in [-0.2, 0) is 4.79 Å². The van der Waals surface area contributed by atoms with Gasteiger partial charge in [0.05, 0.1) is 0 Å². The lowest BCUT2D eigenvalue weighted by atomic mass is 10.0. The minimum Gasteiger partial charge on any atom is -0.326 e. The number of rotatable bonds is 4. The summed E-state index contributed by atoms with van der Waals surface area (Å²) in [5, 5.41) is 2.94. The molecule has 88 valence electrons. The highest BCUT2D eigenvalue weighted by Gasteiger charge is 2.14. The number of carbonyl (C=O) groups is 1. The number of benzene rings is 1. The molecule has 0 aromatic heterocycles. The molecule has 2 nitrogen and oxygen atoms in total. The topological polar surface area (TPSA) is 29.1 Å². The van der Waals surface area contributed by atoms with Gasteiger partial charge in [0, 0.05) is 16.1 Å². The Morgan fingerprint density at radius 3 is 2.50 bits per heavy atom. The van der Waals surface area contributed by atoms with Crippen LogP contribution in [0.1, 0.15) is 32.3 Å². The van der Waals surface area contributed by atoms with E-state index in [0.29, 0.717) is 0 Å². The maximum Gasteiger partial charge on any atom is 0.227 e. The van der Waals surface area contributed by atoms with E-state index in [1.54, 1.807) is 0 Å². The summed E-state index contributed by atoms with van der Waals surface area (Å²) in [6, 6.07) is 5.86. The summed E-state index contributed by atoms with van der Waals surface area (Å²) in [6.07, 6.45) is 1.77. The van der Waals surface area contributed by atoms with Crippen molar-refractivity contribution in [2.75, 3.05) is 5.32 Å². The van der Waals surface area contributed by atoms with Crippen LogP contribution < -0.4 is 5.32 Å². The molecule has 1 amide bonds. The van der Waals surface area contributed by atoms with Gasteiger partial charge in [0.1, 0.15) is 0 Å². The van der Waals surface area contributed by atoms with E-state index >= 15 is 0 Å². The standard InChI is InChI=1S/C13H18BrNO/c1-4-10(5-2)13(16)15-11-7-6-9(3)12(14)8-11/h6-8,10H,4-5H2,1-3H3,(H,15,16). The van der Waals surface area contributed by atoms with Gasteiger partial charge in [-0.1, -0.05) is 35.8 Å². The van der Waals surface area contributed by atoms with Gasteiger partial charge in [-0.15, -0.1) is 0 Å². The van der Waals surface area contributed by atoms with Gasteiger partial charge in [0.15, 0.2) is 0 Å². The third-order valence-corrected chi connectivity index (χ3v) is 3.65. The van der Waals surface area contributed by atoms with Crippen LogP contribution in [0.2, 0.25) is 0 Å². The fourth-order valence-corrected chi connectivity index (χ4v) is 1.95. The van der Waals surface area contributed by atoms with Gasteiger partial charge >= 0.3 is 0 Å². The van der Waals surface area contributed by atoms with Gasteiger partial charge in [0.2, 0.25) is 5.91 Å². The molecule has 0 bridgehead atoms. The van der Waals surface area contributed by atoms with Crippen LogP contribution in [0.3, 0.4) is 0 Å². The Kier molecular flexibility index (Phi) is 5.00. The summed E-state index contributed by atoms with van der Waals surface area (Å²) in [5.74, 6) is 0.223. The van der Waals surface area contributed by atoms with E-state index in [0.717, 1.165) is 23.0 Å².